The molecule has 0 saturated heterocycles. The van der Waals surface area contributed by atoms with Crippen molar-refractivity contribution in [3.05, 3.63) is 200 Å². The fraction of sp³-hybridized carbons (Fsp3) is 0. The highest BCUT2D eigenvalue weighted by atomic mass is 16.3. The zero-order valence-electron chi connectivity index (χ0n) is 34.4. The molecule has 10 aromatic rings. The van der Waals surface area contributed by atoms with Crippen LogP contribution in [-0.2, 0) is 0 Å². The molecule has 4 heteroatoms. The molecule has 0 spiro atoms. The zero-order valence-corrected chi connectivity index (χ0v) is 29.4. The molecule has 55 heavy (non-hydrogen) atoms. The molecule has 10 rings (SSSR count). The summed E-state index contributed by atoms with van der Waals surface area (Å²) in [6.07, 6.45) is 0. The van der Waals surface area contributed by atoms with E-state index in [1.165, 1.54) is 0 Å². The lowest BCUT2D eigenvalue weighted by molar-refractivity contribution is 0.669. The Labute approximate surface area is 326 Å². The Kier molecular flexibility index (Phi) is 6.85. The van der Waals surface area contributed by atoms with Gasteiger partial charge in [0.1, 0.15) is 11.2 Å². The molecule has 0 N–H and O–H groups in total. The van der Waals surface area contributed by atoms with Crippen LogP contribution in [0.5, 0.6) is 0 Å². The van der Waals surface area contributed by atoms with Crippen LogP contribution in [0.25, 0.3) is 101 Å². The summed E-state index contributed by atoms with van der Waals surface area (Å²) in [5.41, 5.74) is 10.9. The van der Waals surface area contributed by atoms with E-state index >= 15 is 0 Å². The van der Waals surface area contributed by atoms with Crippen LogP contribution in [0.1, 0.15) is 6.85 Å². The van der Waals surface area contributed by atoms with Crippen molar-refractivity contribution in [3.63, 3.8) is 0 Å². The van der Waals surface area contributed by atoms with Gasteiger partial charge < -0.3 is 4.42 Å². The third kappa shape index (κ3) is 6.26. The van der Waals surface area contributed by atoms with Crippen molar-refractivity contribution in [1.29, 1.82) is 0 Å². The number of fused-ring (bicyclic) bond motifs is 3. The van der Waals surface area contributed by atoms with Crippen molar-refractivity contribution in [1.82, 2.24) is 15.0 Å². The Morgan fingerprint density at radius 3 is 1.53 bits per heavy atom. The number of furan rings is 1. The van der Waals surface area contributed by atoms with E-state index in [9.17, 15) is 0 Å². The molecule has 0 atom stereocenters. The average molecular weight is 709 g/mol. The molecule has 258 valence electrons. The van der Waals surface area contributed by atoms with Crippen LogP contribution in [0.2, 0.25) is 0 Å². The van der Waals surface area contributed by atoms with Gasteiger partial charge in [-0.2, -0.15) is 0 Å². The number of rotatable bonds is 7. The monoisotopic (exact) mass is 708 g/mol. The summed E-state index contributed by atoms with van der Waals surface area (Å²) < 4.78 is 47.4. The number of benzene rings is 8. The third-order valence-electron chi connectivity index (χ3n) is 9.86. The van der Waals surface area contributed by atoms with Crippen LogP contribution in [-0.4, -0.2) is 15.0 Å². The van der Waals surface area contributed by atoms with Crippen LogP contribution in [0.4, 0.5) is 0 Å². The number of aromatic nitrogens is 3. The smallest absolute Gasteiger partial charge is 0.167 e. The molecule has 0 saturated carbocycles. The number of hydrogen-bond acceptors (Lipinski definition) is 4. The van der Waals surface area contributed by atoms with Crippen LogP contribution in [0.3, 0.4) is 0 Å². The first-order valence-corrected chi connectivity index (χ1v) is 18.0. The Bertz CT molecular complexity index is 3210. The maximum Gasteiger partial charge on any atom is 0.167 e. The fourth-order valence-electron chi connectivity index (χ4n) is 7.04. The van der Waals surface area contributed by atoms with Crippen LogP contribution in [0, 0.1) is 0 Å². The minimum absolute atomic E-state index is 0.191. The Hall–Kier alpha value is -7.43. The summed E-state index contributed by atoms with van der Waals surface area (Å²) in [4.78, 5) is 15.1. The largest absolute Gasteiger partial charge is 0.455 e. The number of para-hydroxylation sites is 1. The molecule has 0 radical (unpaired) electrons. The van der Waals surface area contributed by atoms with Gasteiger partial charge >= 0.3 is 0 Å². The quantitative estimate of drug-likeness (QED) is 0.165. The topological polar surface area (TPSA) is 51.8 Å². The molecule has 2 aromatic heterocycles. The van der Waals surface area contributed by atoms with Crippen LogP contribution < -0.4 is 0 Å². The summed E-state index contributed by atoms with van der Waals surface area (Å²) in [6, 6.07) is 54.9. The van der Waals surface area contributed by atoms with Crippen LogP contribution in [0.15, 0.2) is 204 Å². The van der Waals surface area contributed by atoms with Crippen LogP contribution >= 0.6 is 0 Å². The van der Waals surface area contributed by atoms with Crippen molar-refractivity contribution in [3.8, 4) is 78.7 Å². The maximum absolute atomic E-state index is 8.34. The van der Waals surface area contributed by atoms with E-state index in [0.29, 0.717) is 28.6 Å². The Balaban J connectivity index is 0.992. The summed E-state index contributed by atoms with van der Waals surface area (Å²) >= 11 is 0. The first-order chi connectivity index (χ1) is 29.3. The SMILES string of the molecule is [2H]c1c([2H])c([2H])c(-c2ccc(-c3ccc(-c4ccc5c(c4)oc4c(-c6nc(-c7ccccc7)nc(-c7cccc(-c8ccccc8)c7)n6)cccc45)cc3)cc2)c([2H])c1[2H]. The standard InChI is InChI=1S/C51H33N3O/c1-4-12-34(13-5-1)36-22-24-37(25-23-36)38-26-28-39(29-27-38)42-30-31-44-45-20-11-21-46(48(45)55-47(44)33-42)51-53-49(40-16-8-3-9-17-40)52-50(54-51)43-19-10-18-41(32-43)35-14-6-2-7-15-35/h1-33H/i1D,4D,5D,12D,13D. The summed E-state index contributed by atoms with van der Waals surface area (Å²) in [5.74, 6) is 1.66. The van der Waals surface area contributed by atoms with E-state index < -0.39 is 6.04 Å². The van der Waals surface area contributed by atoms with E-state index in [1.807, 2.05) is 97.1 Å². The first kappa shape index (κ1) is 27.2. The minimum atomic E-state index is -0.400. The summed E-state index contributed by atoms with van der Waals surface area (Å²) in [7, 11) is 0. The van der Waals surface area contributed by atoms with Gasteiger partial charge in [0.2, 0.25) is 0 Å². The van der Waals surface area contributed by atoms with E-state index in [0.717, 1.165) is 66.4 Å². The first-order valence-electron chi connectivity index (χ1n) is 20.5. The molecule has 0 amide bonds. The van der Waals surface area contributed by atoms with Gasteiger partial charge in [-0.1, -0.05) is 176 Å². The molecule has 0 aliphatic rings. The summed E-state index contributed by atoms with van der Waals surface area (Å²) in [6.45, 7) is 0. The van der Waals surface area contributed by atoms with Crippen molar-refractivity contribution in [2.75, 3.05) is 0 Å². The lowest BCUT2D eigenvalue weighted by atomic mass is 9.97. The van der Waals surface area contributed by atoms with Gasteiger partial charge in [-0.3, -0.25) is 0 Å². The van der Waals surface area contributed by atoms with Crippen molar-refractivity contribution >= 4 is 21.9 Å². The molecule has 2 heterocycles. The average Bonchev–Trinajstić information content (AvgIpc) is 3.69. The highest BCUT2D eigenvalue weighted by molar-refractivity contribution is 6.10. The number of nitrogens with zero attached hydrogens (tertiary/aromatic N) is 3. The highest BCUT2D eigenvalue weighted by Gasteiger charge is 2.18. The molecular weight excluding hydrogens is 671 g/mol. The Morgan fingerprint density at radius 1 is 0.345 bits per heavy atom. The second-order valence-electron chi connectivity index (χ2n) is 13.3. The molecule has 8 aromatic carbocycles. The molecule has 0 aliphatic heterocycles. The summed E-state index contributed by atoms with van der Waals surface area (Å²) in [5, 5.41) is 1.95. The fourth-order valence-corrected chi connectivity index (χ4v) is 7.04. The Morgan fingerprint density at radius 2 is 0.836 bits per heavy atom. The lowest BCUT2D eigenvalue weighted by Gasteiger charge is -2.10. The van der Waals surface area contributed by atoms with Crippen molar-refractivity contribution in [2.24, 2.45) is 0 Å². The van der Waals surface area contributed by atoms with Gasteiger partial charge in [-0.25, -0.2) is 15.0 Å². The molecule has 0 unspecified atom stereocenters. The van der Waals surface area contributed by atoms with Crippen molar-refractivity contribution < 1.29 is 11.3 Å². The van der Waals surface area contributed by atoms with E-state index in [1.54, 1.807) is 12.1 Å². The van der Waals surface area contributed by atoms with Gasteiger partial charge in [-0.05, 0) is 68.8 Å². The van der Waals surface area contributed by atoms with E-state index in [-0.39, 0.29) is 29.7 Å². The second kappa shape index (κ2) is 13.8. The lowest BCUT2D eigenvalue weighted by Crippen LogP contribution is -2.00. The van der Waals surface area contributed by atoms with Gasteiger partial charge in [0.15, 0.2) is 17.5 Å². The van der Waals surface area contributed by atoms with Gasteiger partial charge in [0.05, 0.1) is 12.4 Å². The predicted molar refractivity (Wildman–Crippen MR) is 225 cm³/mol. The minimum Gasteiger partial charge on any atom is -0.455 e. The zero-order chi connectivity index (χ0) is 40.9. The molecular formula is C51H33N3O. The van der Waals surface area contributed by atoms with E-state index in [4.69, 9.17) is 26.2 Å². The number of hydrogen-bond donors (Lipinski definition) is 0. The van der Waals surface area contributed by atoms with Crippen molar-refractivity contribution in [2.45, 2.75) is 0 Å². The molecule has 4 nitrogen and oxygen atoms in total. The van der Waals surface area contributed by atoms with E-state index in [2.05, 4.69) is 60.7 Å². The highest BCUT2D eigenvalue weighted by Crippen LogP contribution is 2.38. The normalized spacial score (nSPS) is 12.5. The molecule has 0 bridgehead atoms. The third-order valence-corrected chi connectivity index (χ3v) is 9.86. The molecule has 0 fully saturated rings. The second-order valence-corrected chi connectivity index (χ2v) is 13.3. The maximum atomic E-state index is 8.34. The van der Waals surface area contributed by atoms with Gasteiger partial charge in [0.25, 0.3) is 0 Å². The van der Waals surface area contributed by atoms with Gasteiger partial charge in [-0.15, -0.1) is 0 Å². The van der Waals surface area contributed by atoms with Gasteiger partial charge in [0, 0.05) is 21.9 Å². The molecule has 0 aliphatic carbocycles. The predicted octanol–water partition coefficient (Wildman–Crippen LogP) is 13.4.